The number of nitrogens with zero attached hydrogens (tertiary/aromatic N) is 4. The van der Waals surface area contributed by atoms with Crippen LogP contribution in [0.2, 0.25) is 10.0 Å². The Labute approximate surface area is 299 Å². The number of aryl methyl sites for hydroxylation is 1. The molecule has 0 unspecified atom stereocenters. The SMILES string of the molecule is Cc1ccc2cccc(OCc3c(Cl)ccc(S(=O)(=O)NC4(C(=O)N5CCN(C(=O)[C@@H](N)CCCCN(C)C)CC5)CCCC4)c3Cl)c2n1. The van der Waals surface area contributed by atoms with E-state index in [1.807, 2.05) is 45.3 Å². The molecule has 5 rings (SSSR count). The Morgan fingerprint density at radius 3 is 2.41 bits per heavy atom. The highest BCUT2D eigenvalue weighted by atomic mass is 35.5. The Morgan fingerprint density at radius 2 is 1.71 bits per heavy atom. The van der Waals surface area contributed by atoms with Gasteiger partial charge in [0.2, 0.25) is 21.8 Å². The van der Waals surface area contributed by atoms with Crippen LogP contribution in [0.3, 0.4) is 0 Å². The second kappa shape index (κ2) is 15.9. The van der Waals surface area contributed by atoms with Gasteiger partial charge in [0.15, 0.2) is 0 Å². The number of benzene rings is 2. The average molecular weight is 734 g/mol. The van der Waals surface area contributed by atoms with Crippen LogP contribution in [0.4, 0.5) is 0 Å². The van der Waals surface area contributed by atoms with Crippen LogP contribution in [0.25, 0.3) is 10.9 Å². The topological polar surface area (TPSA) is 138 Å². The van der Waals surface area contributed by atoms with Gasteiger partial charge in [-0.25, -0.2) is 13.4 Å². The molecule has 266 valence electrons. The molecule has 2 aromatic carbocycles. The highest BCUT2D eigenvalue weighted by Gasteiger charge is 2.47. The van der Waals surface area contributed by atoms with E-state index in [0.29, 0.717) is 75.1 Å². The molecule has 11 nitrogen and oxygen atoms in total. The number of aromatic nitrogens is 1. The van der Waals surface area contributed by atoms with Crippen molar-refractivity contribution in [1.82, 2.24) is 24.4 Å². The Kier molecular flexibility index (Phi) is 12.1. The van der Waals surface area contributed by atoms with Crippen molar-refractivity contribution >= 4 is 55.9 Å². The van der Waals surface area contributed by atoms with Crippen molar-refractivity contribution in [3.8, 4) is 5.75 Å². The summed E-state index contributed by atoms with van der Waals surface area (Å²) in [6, 6.07) is 11.7. The van der Waals surface area contributed by atoms with Crippen molar-refractivity contribution in [3.05, 3.63) is 63.8 Å². The average Bonchev–Trinajstić information content (AvgIpc) is 3.54. The number of halogens is 2. The lowest BCUT2D eigenvalue weighted by Crippen LogP contribution is -2.62. The quantitative estimate of drug-likeness (QED) is 0.240. The van der Waals surface area contributed by atoms with E-state index >= 15 is 0 Å². The van der Waals surface area contributed by atoms with Crippen LogP contribution in [-0.2, 0) is 26.2 Å². The van der Waals surface area contributed by atoms with E-state index in [2.05, 4.69) is 14.6 Å². The number of fused-ring (bicyclic) bond motifs is 1. The van der Waals surface area contributed by atoms with Crippen molar-refractivity contribution in [2.45, 2.75) is 75.0 Å². The van der Waals surface area contributed by atoms with Gasteiger partial charge in [-0.1, -0.05) is 60.7 Å². The second-order valence-corrected chi connectivity index (χ2v) is 15.8. The van der Waals surface area contributed by atoms with E-state index in [4.69, 9.17) is 33.7 Å². The lowest BCUT2D eigenvalue weighted by Gasteiger charge is -2.40. The highest BCUT2D eigenvalue weighted by molar-refractivity contribution is 7.89. The third kappa shape index (κ3) is 8.66. The highest BCUT2D eigenvalue weighted by Crippen LogP contribution is 2.37. The second-order valence-electron chi connectivity index (χ2n) is 13.3. The number of para-hydroxylation sites is 1. The van der Waals surface area contributed by atoms with Gasteiger partial charge in [0.1, 0.15) is 28.3 Å². The molecule has 0 radical (unpaired) electrons. The molecule has 1 saturated carbocycles. The van der Waals surface area contributed by atoms with Crippen LogP contribution >= 0.6 is 23.2 Å². The standard InChI is InChI=1S/C35H46Cl2N6O5S/c1-24-12-13-25-9-8-11-29(32(25)39-24)48-23-26-27(36)14-15-30(31(26)37)49(46,47)40-35(16-5-6-17-35)34(45)43-21-19-42(20-22-43)33(44)28(38)10-4-7-18-41(2)3/h8-9,11-15,28,40H,4-7,10,16-23,38H2,1-3H3/t28-/m0/s1. The Balaban J connectivity index is 1.26. The maximum atomic E-state index is 14.1. The molecule has 49 heavy (non-hydrogen) atoms. The van der Waals surface area contributed by atoms with Crippen LogP contribution < -0.4 is 15.2 Å². The van der Waals surface area contributed by atoms with E-state index in [1.54, 1.807) is 15.9 Å². The van der Waals surface area contributed by atoms with Gasteiger partial charge in [-0.15, -0.1) is 0 Å². The number of piperazine rings is 1. The number of hydrogen-bond acceptors (Lipinski definition) is 8. The molecule has 0 spiro atoms. The van der Waals surface area contributed by atoms with Crippen molar-refractivity contribution in [2.24, 2.45) is 5.73 Å². The normalized spacial score (nSPS) is 17.1. The number of ether oxygens (including phenoxy) is 1. The van der Waals surface area contributed by atoms with E-state index in [9.17, 15) is 18.0 Å². The smallest absolute Gasteiger partial charge is 0.243 e. The number of rotatable bonds is 13. The molecule has 2 heterocycles. The summed E-state index contributed by atoms with van der Waals surface area (Å²) in [7, 11) is -0.246. The summed E-state index contributed by atoms with van der Waals surface area (Å²) >= 11 is 13.3. The fourth-order valence-electron chi connectivity index (χ4n) is 6.63. The lowest BCUT2D eigenvalue weighted by atomic mass is 9.96. The minimum Gasteiger partial charge on any atom is -0.487 e. The van der Waals surface area contributed by atoms with Crippen LogP contribution in [0.15, 0.2) is 47.4 Å². The summed E-state index contributed by atoms with van der Waals surface area (Å²) in [5.41, 5.74) is 6.71. The minimum absolute atomic E-state index is 0.0739. The van der Waals surface area contributed by atoms with E-state index in [1.165, 1.54) is 12.1 Å². The van der Waals surface area contributed by atoms with Crippen molar-refractivity contribution in [2.75, 3.05) is 46.8 Å². The monoisotopic (exact) mass is 732 g/mol. The summed E-state index contributed by atoms with van der Waals surface area (Å²) in [5.74, 6) is 0.109. The van der Waals surface area contributed by atoms with Gasteiger partial charge in [-0.3, -0.25) is 9.59 Å². The molecule has 1 atom stereocenters. The number of carbonyl (C=O) groups is 2. The number of hydrogen-bond donors (Lipinski definition) is 2. The zero-order valence-corrected chi connectivity index (χ0v) is 30.7. The van der Waals surface area contributed by atoms with E-state index < -0.39 is 21.6 Å². The predicted molar refractivity (Wildman–Crippen MR) is 192 cm³/mol. The van der Waals surface area contributed by atoms with Gasteiger partial charge in [0.25, 0.3) is 0 Å². The zero-order chi connectivity index (χ0) is 35.3. The molecule has 1 aliphatic heterocycles. The first-order chi connectivity index (χ1) is 23.3. The molecule has 1 aromatic heterocycles. The number of nitrogens with one attached hydrogen (secondary N) is 1. The van der Waals surface area contributed by atoms with Gasteiger partial charge in [0.05, 0.1) is 11.1 Å². The number of sulfonamides is 1. The summed E-state index contributed by atoms with van der Waals surface area (Å²) in [5, 5.41) is 1.07. The van der Waals surface area contributed by atoms with Gasteiger partial charge in [-0.2, -0.15) is 4.72 Å². The third-order valence-electron chi connectivity index (χ3n) is 9.40. The molecule has 2 aliphatic rings. The molecular formula is C35H46Cl2N6O5S. The Hall–Kier alpha value is -3.00. The molecular weight excluding hydrogens is 687 g/mol. The first kappa shape index (κ1) is 37.3. The number of carbonyl (C=O) groups excluding carboxylic acids is 2. The van der Waals surface area contributed by atoms with E-state index in [-0.39, 0.29) is 33.4 Å². The predicted octanol–water partition coefficient (Wildman–Crippen LogP) is 4.75. The Morgan fingerprint density at radius 1 is 1.02 bits per heavy atom. The van der Waals surface area contributed by atoms with Crippen molar-refractivity contribution in [1.29, 1.82) is 0 Å². The number of pyridine rings is 1. The van der Waals surface area contributed by atoms with Gasteiger partial charge >= 0.3 is 0 Å². The molecule has 1 saturated heterocycles. The Bertz CT molecular complexity index is 1780. The molecule has 2 fully saturated rings. The largest absolute Gasteiger partial charge is 0.487 e. The maximum Gasteiger partial charge on any atom is 0.243 e. The zero-order valence-electron chi connectivity index (χ0n) is 28.4. The number of unbranched alkanes of at least 4 members (excludes halogenated alkanes) is 1. The fourth-order valence-corrected chi connectivity index (χ4v) is 8.94. The van der Waals surface area contributed by atoms with Gasteiger partial charge < -0.3 is 25.2 Å². The van der Waals surface area contributed by atoms with Crippen molar-refractivity contribution < 1.29 is 22.7 Å². The number of amides is 2. The summed E-state index contributed by atoms with van der Waals surface area (Å²) in [6.45, 7) is 4.02. The molecule has 14 heteroatoms. The van der Waals surface area contributed by atoms with E-state index in [0.717, 1.165) is 30.5 Å². The molecule has 1 aliphatic carbocycles. The summed E-state index contributed by atoms with van der Waals surface area (Å²) < 4.78 is 36.8. The van der Waals surface area contributed by atoms with Gasteiger partial charge in [-0.05, 0) is 77.5 Å². The fraction of sp³-hybridized carbons (Fsp3) is 0.514. The lowest BCUT2D eigenvalue weighted by molar-refractivity contribution is -0.144. The van der Waals surface area contributed by atoms with Crippen LogP contribution in [-0.4, -0.2) is 98.3 Å². The molecule has 3 N–H and O–H groups in total. The first-order valence-corrected chi connectivity index (χ1v) is 19.0. The van der Waals surface area contributed by atoms with Crippen LogP contribution in [0, 0.1) is 6.92 Å². The summed E-state index contributed by atoms with van der Waals surface area (Å²) in [6.07, 6.45) is 4.54. The minimum atomic E-state index is -4.27. The first-order valence-electron chi connectivity index (χ1n) is 16.8. The van der Waals surface area contributed by atoms with Crippen molar-refractivity contribution in [3.63, 3.8) is 0 Å². The maximum absolute atomic E-state index is 14.1. The molecule has 2 amide bonds. The van der Waals surface area contributed by atoms with Gasteiger partial charge in [0, 0.05) is 47.8 Å². The third-order valence-corrected chi connectivity index (χ3v) is 11.9. The van der Waals surface area contributed by atoms with Crippen LogP contribution in [0.5, 0.6) is 5.75 Å². The molecule has 0 bridgehead atoms. The number of nitrogens with two attached hydrogens (primary N) is 1. The van der Waals surface area contributed by atoms with Crippen LogP contribution in [0.1, 0.15) is 56.2 Å². The summed E-state index contributed by atoms with van der Waals surface area (Å²) in [4.78, 5) is 36.9. The molecule has 3 aromatic rings.